The molecule has 0 nitrogen and oxygen atoms in total. The number of halogens is 2. The zero-order valence-electron chi connectivity index (χ0n) is 33.3. The minimum absolute atomic E-state index is 0. The van der Waals surface area contributed by atoms with Crippen LogP contribution in [0.1, 0.15) is 0 Å². The Balaban J connectivity index is 0.000000194. The molecule has 0 radical (unpaired) electrons. The Morgan fingerprint density at radius 2 is 0.311 bits per heavy atom. The van der Waals surface area contributed by atoms with Crippen LogP contribution < -0.4 is 24.8 Å². The van der Waals surface area contributed by atoms with Gasteiger partial charge >= 0.3 is 26.2 Å². The summed E-state index contributed by atoms with van der Waals surface area (Å²) in [4.78, 5) is 0. The van der Waals surface area contributed by atoms with Crippen LogP contribution in [0, 0.1) is 0 Å². The van der Waals surface area contributed by atoms with Gasteiger partial charge in [0.25, 0.3) is 0 Å². The van der Waals surface area contributed by atoms with Crippen LogP contribution in [0.25, 0.3) is 87.9 Å². The predicted octanol–water partition coefficient (Wildman–Crippen LogP) is 10.8. The molecule has 0 N–H and O–H groups in total. The van der Waals surface area contributed by atoms with Gasteiger partial charge in [0.1, 0.15) is 0 Å². The van der Waals surface area contributed by atoms with Crippen molar-refractivity contribution >= 4 is 16.4 Å². The third-order valence-electron chi connectivity index (χ3n) is 10.5. The summed E-state index contributed by atoms with van der Waals surface area (Å²) >= 11 is 0. The maximum Gasteiger partial charge on any atom is 2.00 e. The van der Waals surface area contributed by atoms with Crippen molar-refractivity contribution in [1.82, 2.24) is 0 Å². The molecule has 294 valence electrons. The molecule has 2 aromatic heterocycles. The smallest absolute Gasteiger partial charge is 1.00 e. The van der Waals surface area contributed by atoms with Crippen molar-refractivity contribution in [2.75, 3.05) is 0 Å². The van der Waals surface area contributed by atoms with E-state index in [4.69, 9.17) is 0 Å². The largest absolute Gasteiger partial charge is 2.00 e. The first-order valence-corrected chi connectivity index (χ1v) is 21.8. The summed E-state index contributed by atoms with van der Waals surface area (Å²) in [6.45, 7) is 0. The third-order valence-corrected chi connectivity index (χ3v) is 13.7. The van der Waals surface area contributed by atoms with Crippen LogP contribution >= 0.6 is 16.4 Å². The van der Waals surface area contributed by atoms with E-state index in [1.54, 1.807) is 0 Å². The summed E-state index contributed by atoms with van der Waals surface area (Å²) < 4.78 is 0. The van der Waals surface area contributed by atoms with Gasteiger partial charge in [0.05, 0.1) is 0 Å². The van der Waals surface area contributed by atoms with Crippen molar-refractivity contribution in [3.63, 3.8) is 0 Å². The van der Waals surface area contributed by atoms with E-state index in [1.807, 2.05) is 0 Å². The SMILES string of the molecule is [Cl-].[Cl-].[Zr+2].c1ccc(-c2[pH]c(-c3ccccc3)c(-c3ccccc3)c2-c2ccccc2)cc1.c1ccc(-c2[pH]c(-c3ccccc3)c(-c3ccccc3)c2-c2ccccc2)cc1. The van der Waals surface area contributed by atoms with Crippen molar-refractivity contribution in [2.45, 2.75) is 0 Å². The zero-order valence-corrected chi connectivity index (χ0v) is 39.3. The second-order valence-corrected chi connectivity index (χ2v) is 16.7. The number of hydrogen-bond acceptors (Lipinski definition) is 0. The van der Waals surface area contributed by atoms with Gasteiger partial charge in [-0.25, -0.2) is 0 Å². The minimum Gasteiger partial charge on any atom is -1.00 e. The monoisotopic (exact) mass is 936 g/mol. The van der Waals surface area contributed by atoms with Crippen LogP contribution in [0.3, 0.4) is 0 Å². The molecule has 0 aliphatic carbocycles. The van der Waals surface area contributed by atoms with Crippen molar-refractivity contribution in [3.05, 3.63) is 243 Å². The molecule has 2 heterocycles. The van der Waals surface area contributed by atoms with Crippen molar-refractivity contribution in [3.8, 4) is 87.9 Å². The Morgan fingerprint density at radius 1 is 0.180 bits per heavy atom. The van der Waals surface area contributed by atoms with E-state index in [0.29, 0.717) is 16.4 Å². The fourth-order valence-electron chi connectivity index (χ4n) is 7.86. The van der Waals surface area contributed by atoms with Gasteiger partial charge in [-0.3, -0.25) is 0 Å². The fraction of sp³-hybridized carbons (Fsp3) is 0. The Bertz CT molecular complexity index is 2440. The van der Waals surface area contributed by atoms with Gasteiger partial charge in [0, 0.05) is 43.4 Å². The van der Waals surface area contributed by atoms with Crippen molar-refractivity contribution < 1.29 is 51.0 Å². The summed E-state index contributed by atoms with van der Waals surface area (Å²) in [7, 11) is 1.23. The second kappa shape index (κ2) is 22.0. The van der Waals surface area contributed by atoms with Gasteiger partial charge in [-0.1, -0.05) is 243 Å². The summed E-state index contributed by atoms with van der Waals surface area (Å²) in [6, 6.07) is 86.7. The van der Waals surface area contributed by atoms with E-state index in [9.17, 15) is 0 Å². The molecular formula is C56H42Cl2P2Zr. The molecule has 0 spiro atoms. The van der Waals surface area contributed by atoms with Gasteiger partial charge < -0.3 is 24.8 Å². The molecule has 10 rings (SSSR count). The molecule has 0 aliphatic heterocycles. The minimum atomic E-state index is 0. The van der Waals surface area contributed by atoms with Crippen LogP contribution in [0.15, 0.2) is 243 Å². The first kappa shape index (κ1) is 45.3. The first-order chi connectivity index (χ1) is 28.8. The molecule has 0 aliphatic rings. The Morgan fingerprint density at radius 3 is 0.459 bits per heavy atom. The normalized spacial score (nSPS) is 10.2. The maximum absolute atomic E-state index is 2.24. The predicted molar refractivity (Wildman–Crippen MR) is 255 cm³/mol. The van der Waals surface area contributed by atoms with Gasteiger partial charge in [-0.15, -0.1) is 16.4 Å². The number of rotatable bonds is 8. The van der Waals surface area contributed by atoms with Crippen LogP contribution in [-0.4, -0.2) is 0 Å². The van der Waals surface area contributed by atoms with Crippen molar-refractivity contribution in [1.29, 1.82) is 0 Å². The molecule has 0 amide bonds. The van der Waals surface area contributed by atoms with E-state index >= 15 is 0 Å². The van der Waals surface area contributed by atoms with E-state index < -0.39 is 0 Å². The zero-order chi connectivity index (χ0) is 38.9. The quantitative estimate of drug-likeness (QED) is 0.142. The summed E-state index contributed by atoms with van der Waals surface area (Å²) in [5.41, 5.74) is 15.8. The summed E-state index contributed by atoms with van der Waals surface area (Å²) in [6.07, 6.45) is 0. The molecular weight excluding hydrogens is 897 g/mol. The summed E-state index contributed by atoms with van der Waals surface area (Å²) in [5.74, 6) is 0. The van der Waals surface area contributed by atoms with Crippen LogP contribution in [0.5, 0.6) is 0 Å². The molecule has 0 bridgehead atoms. The average molecular weight is 939 g/mol. The van der Waals surface area contributed by atoms with Crippen LogP contribution in [0.4, 0.5) is 0 Å². The van der Waals surface area contributed by atoms with Gasteiger partial charge in [-0.2, -0.15) is 0 Å². The van der Waals surface area contributed by atoms with Crippen LogP contribution in [0.2, 0.25) is 0 Å². The van der Waals surface area contributed by atoms with Crippen molar-refractivity contribution in [2.24, 2.45) is 0 Å². The fourth-order valence-corrected chi connectivity index (χ4v) is 11.2. The van der Waals surface area contributed by atoms with Gasteiger partial charge in [0.15, 0.2) is 0 Å². The Kier molecular flexibility index (Phi) is 16.4. The van der Waals surface area contributed by atoms with Crippen LogP contribution in [-0.2, 0) is 26.2 Å². The Labute approximate surface area is 394 Å². The second-order valence-electron chi connectivity index (χ2n) is 14.2. The first-order valence-electron chi connectivity index (χ1n) is 19.8. The average Bonchev–Trinajstić information content (AvgIpc) is 3.93. The van der Waals surface area contributed by atoms with Gasteiger partial charge in [0.2, 0.25) is 0 Å². The van der Waals surface area contributed by atoms with E-state index in [2.05, 4.69) is 243 Å². The van der Waals surface area contributed by atoms with Gasteiger partial charge in [-0.05, 0) is 44.5 Å². The molecule has 0 fully saturated rings. The topological polar surface area (TPSA) is 0 Å². The maximum atomic E-state index is 2.24. The van der Waals surface area contributed by atoms with E-state index in [-0.39, 0.29) is 51.0 Å². The van der Waals surface area contributed by atoms with E-state index in [0.717, 1.165) is 0 Å². The number of hydrogen-bond donors (Lipinski definition) is 0. The molecule has 10 aromatic rings. The molecule has 5 heteroatoms. The molecule has 0 saturated carbocycles. The van der Waals surface area contributed by atoms with E-state index in [1.165, 1.54) is 87.9 Å². The molecule has 0 atom stereocenters. The third kappa shape index (κ3) is 10.1. The standard InChI is InChI=1S/2C28H21P.2ClH.Zr/c2*1-5-13-21(14-6-1)25-26(22-15-7-2-8-16-22)28(24-19-11-4-12-20-24)29-27(25)23-17-9-3-10-18-23;;;/h2*1-20,29H;2*1H;/q;;;;+2/p-2. The Hall–Kier alpha value is -5.22. The summed E-state index contributed by atoms with van der Waals surface area (Å²) in [5, 5.41) is 5.70. The molecule has 0 saturated heterocycles. The number of benzene rings is 8. The molecule has 61 heavy (non-hydrogen) atoms. The molecule has 0 unspecified atom stereocenters. The molecule has 8 aromatic carbocycles.